The van der Waals surface area contributed by atoms with Crippen molar-refractivity contribution in [1.82, 2.24) is 15.5 Å². The monoisotopic (exact) mass is 498 g/mol. The molecule has 1 aromatic carbocycles. The standard InChI is InChI=1S/C21H30N4O2.HI/c1-4-22-21(24-15-18(25(2)3)20-6-5-12-26-20)23-11-9-16-7-8-19-17(14-16)10-13-27-19;/h5-8,12,14,18H,4,9-11,13,15H2,1-3H3,(H2,22,23,24);1H. The van der Waals surface area contributed by atoms with Crippen LogP contribution in [-0.2, 0) is 12.8 Å². The van der Waals surface area contributed by atoms with E-state index in [-0.39, 0.29) is 30.0 Å². The molecule has 1 unspecified atom stereocenters. The topological polar surface area (TPSA) is 62.0 Å². The minimum Gasteiger partial charge on any atom is -0.493 e. The second kappa shape index (κ2) is 11.3. The average molecular weight is 498 g/mol. The van der Waals surface area contributed by atoms with Crippen LogP contribution >= 0.6 is 24.0 Å². The Bertz CT molecular complexity index is 747. The first-order valence-corrected chi connectivity index (χ1v) is 9.64. The normalized spacial score (nSPS) is 14.2. The smallest absolute Gasteiger partial charge is 0.191 e. The summed E-state index contributed by atoms with van der Waals surface area (Å²) in [5.41, 5.74) is 2.64. The summed E-state index contributed by atoms with van der Waals surface area (Å²) >= 11 is 0. The lowest BCUT2D eigenvalue weighted by atomic mass is 10.1. The van der Waals surface area contributed by atoms with Crippen LogP contribution in [0.5, 0.6) is 5.75 Å². The number of nitrogens with zero attached hydrogens (tertiary/aromatic N) is 2. The lowest BCUT2D eigenvalue weighted by Crippen LogP contribution is -2.39. The van der Waals surface area contributed by atoms with Gasteiger partial charge in [-0.2, -0.15) is 0 Å². The molecule has 1 aromatic heterocycles. The van der Waals surface area contributed by atoms with E-state index in [9.17, 15) is 0 Å². The summed E-state index contributed by atoms with van der Waals surface area (Å²) in [6, 6.07) is 10.5. The van der Waals surface area contributed by atoms with Crippen molar-refractivity contribution < 1.29 is 9.15 Å². The maximum atomic E-state index is 5.58. The molecule has 7 heteroatoms. The van der Waals surface area contributed by atoms with Crippen LogP contribution < -0.4 is 15.4 Å². The largest absolute Gasteiger partial charge is 0.493 e. The minimum absolute atomic E-state index is 0. The first-order chi connectivity index (χ1) is 13.2. The molecule has 0 bridgehead atoms. The molecule has 0 fully saturated rings. The number of aliphatic imine (C=N–C) groups is 1. The summed E-state index contributed by atoms with van der Waals surface area (Å²) in [5.74, 6) is 2.80. The minimum atomic E-state index is 0. The lowest BCUT2D eigenvalue weighted by Gasteiger charge is -2.21. The Morgan fingerprint density at radius 3 is 2.82 bits per heavy atom. The zero-order valence-electron chi connectivity index (χ0n) is 16.9. The molecule has 2 N–H and O–H groups in total. The number of hydrogen-bond acceptors (Lipinski definition) is 4. The Labute approximate surface area is 184 Å². The third-order valence-electron chi connectivity index (χ3n) is 4.72. The summed E-state index contributed by atoms with van der Waals surface area (Å²) in [6.45, 7) is 5.17. The van der Waals surface area contributed by atoms with Crippen LogP contribution in [0.2, 0.25) is 0 Å². The second-order valence-corrected chi connectivity index (χ2v) is 6.93. The molecule has 2 heterocycles. The average Bonchev–Trinajstić information content (AvgIpc) is 3.33. The van der Waals surface area contributed by atoms with Crippen molar-refractivity contribution in [2.75, 3.05) is 40.3 Å². The maximum Gasteiger partial charge on any atom is 0.191 e. The summed E-state index contributed by atoms with van der Waals surface area (Å²) in [5, 5.41) is 6.75. The Kier molecular flexibility index (Phi) is 9.11. The maximum absolute atomic E-state index is 5.58. The predicted molar refractivity (Wildman–Crippen MR) is 124 cm³/mol. The third kappa shape index (κ3) is 6.13. The van der Waals surface area contributed by atoms with E-state index >= 15 is 0 Å². The van der Waals surface area contributed by atoms with Gasteiger partial charge in [0.2, 0.25) is 0 Å². The van der Waals surface area contributed by atoms with E-state index in [1.807, 2.05) is 26.2 Å². The Morgan fingerprint density at radius 2 is 2.11 bits per heavy atom. The predicted octanol–water partition coefficient (Wildman–Crippen LogP) is 3.23. The van der Waals surface area contributed by atoms with E-state index in [1.165, 1.54) is 11.1 Å². The van der Waals surface area contributed by atoms with Gasteiger partial charge >= 0.3 is 0 Å². The van der Waals surface area contributed by atoms with Crippen molar-refractivity contribution in [1.29, 1.82) is 0 Å². The molecule has 0 saturated carbocycles. The zero-order valence-corrected chi connectivity index (χ0v) is 19.2. The molecule has 1 aliphatic rings. The Morgan fingerprint density at radius 1 is 1.25 bits per heavy atom. The van der Waals surface area contributed by atoms with Crippen molar-refractivity contribution in [2.24, 2.45) is 4.99 Å². The van der Waals surface area contributed by atoms with Gasteiger partial charge in [0.1, 0.15) is 11.5 Å². The number of furan rings is 1. The summed E-state index contributed by atoms with van der Waals surface area (Å²) in [4.78, 5) is 6.88. The van der Waals surface area contributed by atoms with Crippen molar-refractivity contribution in [3.05, 3.63) is 53.5 Å². The summed E-state index contributed by atoms with van der Waals surface area (Å²) < 4.78 is 11.1. The molecule has 28 heavy (non-hydrogen) atoms. The summed E-state index contributed by atoms with van der Waals surface area (Å²) in [6.07, 6.45) is 3.67. The van der Waals surface area contributed by atoms with Crippen LogP contribution in [0, 0.1) is 0 Å². The Hall–Kier alpha value is -1.74. The van der Waals surface area contributed by atoms with Gasteiger partial charge in [-0.25, -0.2) is 0 Å². The fourth-order valence-corrected chi connectivity index (χ4v) is 3.23. The molecular formula is C21H31IN4O2. The second-order valence-electron chi connectivity index (χ2n) is 6.93. The number of guanidine groups is 1. The van der Waals surface area contributed by atoms with E-state index in [1.54, 1.807) is 6.26 Å². The highest BCUT2D eigenvalue weighted by molar-refractivity contribution is 14.0. The highest BCUT2D eigenvalue weighted by Gasteiger charge is 2.16. The fourth-order valence-electron chi connectivity index (χ4n) is 3.23. The molecule has 0 radical (unpaired) electrons. The van der Waals surface area contributed by atoms with E-state index in [0.29, 0.717) is 6.54 Å². The van der Waals surface area contributed by atoms with Gasteiger partial charge in [-0.3, -0.25) is 9.89 Å². The fraction of sp³-hybridized carbons (Fsp3) is 0.476. The van der Waals surface area contributed by atoms with E-state index in [0.717, 1.165) is 50.0 Å². The molecule has 3 rings (SSSR count). The van der Waals surface area contributed by atoms with Gasteiger partial charge in [-0.15, -0.1) is 24.0 Å². The Balaban J connectivity index is 0.00000280. The zero-order chi connectivity index (χ0) is 19.1. The molecule has 2 aromatic rings. The van der Waals surface area contributed by atoms with Gasteiger partial charge in [0.15, 0.2) is 5.96 Å². The van der Waals surface area contributed by atoms with E-state index < -0.39 is 0 Å². The van der Waals surface area contributed by atoms with E-state index in [2.05, 4.69) is 40.7 Å². The number of fused-ring (bicyclic) bond motifs is 1. The highest BCUT2D eigenvalue weighted by atomic mass is 127. The van der Waals surface area contributed by atoms with Gasteiger partial charge in [-0.05, 0) is 56.8 Å². The third-order valence-corrected chi connectivity index (χ3v) is 4.72. The molecule has 0 spiro atoms. The first kappa shape index (κ1) is 22.5. The molecule has 0 amide bonds. The summed E-state index contributed by atoms with van der Waals surface area (Å²) in [7, 11) is 4.08. The van der Waals surface area contributed by atoms with Gasteiger partial charge in [0.05, 0.1) is 25.5 Å². The van der Waals surface area contributed by atoms with Crippen LogP contribution in [0.15, 0.2) is 46.0 Å². The molecule has 154 valence electrons. The molecule has 1 atom stereocenters. The number of benzene rings is 1. The number of halogens is 1. The lowest BCUT2D eigenvalue weighted by molar-refractivity contribution is 0.265. The number of likely N-dealkylation sites (N-methyl/N-ethyl adjacent to an activating group) is 1. The van der Waals surface area contributed by atoms with E-state index in [4.69, 9.17) is 14.1 Å². The van der Waals surface area contributed by atoms with Crippen molar-refractivity contribution in [2.45, 2.75) is 25.8 Å². The molecule has 6 nitrogen and oxygen atoms in total. The van der Waals surface area contributed by atoms with Crippen LogP contribution in [0.3, 0.4) is 0 Å². The van der Waals surface area contributed by atoms with Crippen LogP contribution in [0.4, 0.5) is 0 Å². The number of ether oxygens (including phenoxy) is 1. The van der Waals surface area contributed by atoms with Crippen LogP contribution in [0.25, 0.3) is 0 Å². The molecule has 0 saturated heterocycles. The number of hydrogen-bond donors (Lipinski definition) is 2. The van der Waals surface area contributed by atoms with Crippen molar-refractivity contribution in [3.63, 3.8) is 0 Å². The van der Waals surface area contributed by atoms with Crippen LogP contribution in [-0.4, -0.2) is 51.2 Å². The van der Waals surface area contributed by atoms with Crippen molar-refractivity contribution >= 4 is 29.9 Å². The van der Waals surface area contributed by atoms with Gasteiger partial charge in [-0.1, -0.05) is 12.1 Å². The van der Waals surface area contributed by atoms with Crippen LogP contribution in [0.1, 0.15) is 29.9 Å². The highest BCUT2D eigenvalue weighted by Crippen LogP contribution is 2.25. The molecular weight excluding hydrogens is 467 g/mol. The van der Waals surface area contributed by atoms with Gasteiger partial charge in [0, 0.05) is 19.5 Å². The first-order valence-electron chi connectivity index (χ1n) is 9.64. The SMILES string of the molecule is CCNC(=NCC(c1ccco1)N(C)C)NCCc1ccc2c(c1)CCO2.I. The quantitative estimate of drug-likeness (QED) is 0.333. The molecule has 0 aliphatic carbocycles. The number of rotatable bonds is 8. The van der Waals surface area contributed by atoms with Gasteiger partial charge in [0.25, 0.3) is 0 Å². The molecule has 1 aliphatic heterocycles. The van der Waals surface area contributed by atoms with Gasteiger partial charge < -0.3 is 19.8 Å². The van der Waals surface area contributed by atoms with Crippen molar-refractivity contribution in [3.8, 4) is 5.75 Å². The number of nitrogens with one attached hydrogen (secondary N) is 2.